The number of halogens is 1. The molecule has 0 amide bonds. The molecule has 0 aliphatic carbocycles. The fraction of sp³-hybridized carbons (Fsp3) is 0.417. The third-order valence-corrected chi connectivity index (χ3v) is 4.64. The van der Waals surface area contributed by atoms with Crippen LogP contribution in [0.3, 0.4) is 0 Å². The molecule has 5 heteroatoms. The molecule has 1 unspecified atom stereocenters. The van der Waals surface area contributed by atoms with Gasteiger partial charge in [0.15, 0.2) is 0 Å². The van der Waals surface area contributed by atoms with Gasteiger partial charge in [0.25, 0.3) is 0 Å². The van der Waals surface area contributed by atoms with Crippen LogP contribution >= 0.6 is 35.6 Å². The summed E-state index contributed by atoms with van der Waals surface area (Å²) < 4.78 is 0. The van der Waals surface area contributed by atoms with Gasteiger partial charge in [0.2, 0.25) is 0 Å². The summed E-state index contributed by atoms with van der Waals surface area (Å²) in [4.78, 5) is 2.73. The van der Waals surface area contributed by atoms with Crippen LogP contribution in [-0.4, -0.2) is 29.1 Å². The second kappa shape index (κ2) is 5.46. The quantitative estimate of drug-likeness (QED) is 0.847. The van der Waals surface area contributed by atoms with Gasteiger partial charge >= 0.3 is 0 Å². The van der Waals surface area contributed by atoms with Gasteiger partial charge < -0.3 is 10.6 Å². The zero-order chi connectivity index (χ0) is 12.4. The van der Waals surface area contributed by atoms with Crippen molar-refractivity contribution in [2.45, 2.75) is 13.0 Å². The van der Waals surface area contributed by atoms with E-state index in [9.17, 15) is 0 Å². The number of hydrogen-bond donors (Lipinski definition) is 1. The molecule has 17 heavy (non-hydrogen) atoms. The summed E-state index contributed by atoms with van der Waals surface area (Å²) >= 11 is 13.1. The molecule has 0 bridgehead atoms. The molecule has 1 aliphatic rings. The highest BCUT2D eigenvalue weighted by Crippen LogP contribution is 2.28. The van der Waals surface area contributed by atoms with E-state index in [1.807, 2.05) is 30.0 Å². The molecule has 1 atom stereocenters. The smallest absolute Gasteiger partial charge is 0.105 e. The summed E-state index contributed by atoms with van der Waals surface area (Å²) in [7, 11) is 0. The first-order chi connectivity index (χ1) is 8.09. The molecule has 1 aromatic rings. The average Bonchev–Trinajstić information content (AvgIpc) is 2.29. The Hall–Kier alpha value is -0.450. The molecule has 92 valence electrons. The van der Waals surface area contributed by atoms with Crippen molar-refractivity contribution in [1.82, 2.24) is 0 Å². The summed E-state index contributed by atoms with van der Waals surface area (Å²) in [5.74, 6) is 2.33. The normalized spacial score (nSPS) is 20.4. The highest BCUT2D eigenvalue weighted by molar-refractivity contribution is 7.99. The first kappa shape index (κ1) is 13.0. The van der Waals surface area contributed by atoms with Crippen molar-refractivity contribution >= 4 is 46.3 Å². The van der Waals surface area contributed by atoms with Gasteiger partial charge in [0.05, 0.1) is 5.02 Å². The van der Waals surface area contributed by atoms with Crippen molar-refractivity contribution < 1.29 is 0 Å². The summed E-state index contributed by atoms with van der Waals surface area (Å²) in [5, 5.41) is 0.639. The molecule has 2 N–H and O–H groups in total. The number of anilines is 1. The lowest BCUT2D eigenvalue weighted by atomic mass is 10.1. The van der Waals surface area contributed by atoms with Gasteiger partial charge in [-0.05, 0) is 25.1 Å². The predicted octanol–water partition coefficient (Wildman–Crippen LogP) is 2.92. The molecule has 2 nitrogen and oxygen atoms in total. The molecule has 1 heterocycles. The van der Waals surface area contributed by atoms with Gasteiger partial charge in [-0.25, -0.2) is 0 Å². The lowest BCUT2D eigenvalue weighted by Crippen LogP contribution is -2.40. The Kier molecular flexibility index (Phi) is 4.17. The van der Waals surface area contributed by atoms with Crippen LogP contribution < -0.4 is 10.6 Å². The molecule has 1 saturated heterocycles. The number of thiocarbonyl (C=S) groups is 1. The van der Waals surface area contributed by atoms with Crippen LogP contribution in [0.5, 0.6) is 0 Å². The molecule has 1 aliphatic heterocycles. The van der Waals surface area contributed by atoms with Crippen molar-refractivity contribution in [3.63, 3.8) is 0 Å². The Balaban J connectivity index is 2.27. The van der Waals surface area contributed by atoms with Crippen LogP contribution in [0.4, 0.5) is 5.69 Å². The second-order valence-corrected chi connectivity index (χ2v) is 6.14. The van der Waals surface area contributed by atoms with E-state index in [-0.39, 0.29) is 0 Å². The largest absolute Gasteiger partial charge is 0.389 e. The van der Waals surface area contributed by atoms with Gasteiger partial charge in [0.1, 0.15) is 4.99 Å². The van der Waals surface area contributed by atoms with Gasteiger partial charge in [-0.3, -0.25) is 0 Å². The second-order valence-electron chi connectivity index (χ2n) is 4.15. The number of benzene rings is 1. The monoisotopic (exact) mass is 286 g/mol. The van der Waals surface area contributed by atoms with E-state index < -0.39 is 0 Å². The molecule has 1 aromatic carbocycles. The minimum Gasteiger partial charge on any atom is -0.389 e. The molecule has 2 rings (SSSR count). The van der Waals surface area contributed by atoms with E-state index in [0.717, 1.165) is 23.5 Å². The fourth-order valence-corrected chi connectivity index (χ4v) is 3.52. The molecular formula is C12H15ClN2S2. The molecule has 0 spiro atoms. The summed E-state index contributed by atoms with van der Waals surface area (Å²) in [6, 6.07) is 6.46. The minimum atomic E-state index is 0.351. The lowest BCUT2D eigenvalue weighted by Gasteiger charge is -2.35. The summed E-state index contributed by atoms with van der Waals surface area (Å²) in [6.45, 7) is 3.30. The van der Waals surface area contributed by atoms with E-state index >= 15 is 0 Å². The van der Waals surface area contributed by atoms with Crippen molar-refractivity contribution in [3.8, 4) is 0 Å². The van der Waals surface area contributed by atoms with E-state index in [0.29, 0.717) is 16.1 Å². The minimum absolute atomic E-state index is 0.351. The topological polar surface area (TPSA) is 29.3 Å². The Morgan fingerprint density at radius 2 is 2.35 bits per heavy atom. The highest BCUT2D eigenvalue weighted by atomic mass is 35.5. The molecule has 1 fully saturated rings. The van der Waals surface area contributed by atoms with Gasteiger partial charge in [-0.15, -0.1) is 0 Å². The zero-order valence-corrected chi connectivity index (χ0v) is 12.0. The fourth-order valence-electron chi connectivity index (χ4n) is 1.99. The van der Waals surface area contributed by atoms with Gasteiger partial charge in [0, 0.05) is 35.3 Å². The Morgan fingerprint density at radius 3 is 2.94 bits per heavy atom. The average molecular weight is 287 g/mol. The summed E-state index contributed by atoms with van der Waals surface area (Å²) in [6.07, 6.45) is 0. The van der Waals surface area contributed by atoms with Crippen molar-refractivity contribution in [3.05, 3.63) is 28.8 Å². The maximum Gasteiger partial charge on any atom is 0.105 e. The molecular weight excluding hydrogens is 272 g/mol. The predicted molar refractivity (Wildman–Crippen MR) is 81.5 cm³/mol. The zero-order valence-electron chi connectivity index (χ0n) is 9.65. The van der Waals surface area contributed by atoms with E-state index in [1.165, 1.54) is 5.75 Å². The van der Waals surface area contributed by atoms with Crippen LogP contribution in [0.1, 0.15) is 12.5 Å². The lowest BCUT2D eigenvalue weighted by molar-refractivity contribution is 0.700. The number of nitrogens with two attached hydrogens (primary N) is 1. The molecule has 0 saturated carbocycles. The maximum absolute atomic E-state index is 6.19. The first-order valence-electron chi connectivity index (χ1n) is 5.53. The third kappa shape index (κ3) is 2.87. The first-order valence-corrected chi connectivity index (χ1v) is 7.47. The van der Waals surface area contributed by atoms with Crippen LogP contribution in [0.15, 0.2) is 18.2 Å². The van der Waals surface area contributed by atoms with E-state index in [2.05, 4.69) is 11.8 Å². The van der Waals surface area contributed by atoms with Gasteiger partial charge in [-0.1, -0.05) is 23.8 Å². The van der Waals surface area contributed by atoms with Crippen molar-refractivity contribution in [2.75, 3.05) is 23.0 Å². The number of nitrogens with zero attached hydrogens (tertiary/aromatic N) is 1. The van der Waals surface area contributed by atoms with Crippen molar-refractivity contribution in [2.24, 2.45) is 5.73 Å². The Morgan fingerprint density at radius 1 is 1.59 bits per heavy atom. The number of rotatable bonds is 2. The van der Waals surface area contributed by atoms with E-state index in [4.69, 9.17) is 29.6 Å². The number of hydrogen-bond acceptors (Lipinski definition) is 3. The number of thioether (sulfide) groups is 1. The van der Waals surface area contributed by atoms with Crippen LogP contribution in [-0.2, 0) is 0 Å². The Labute approximate surface area is 117 Å². The van der Waals surface area contributed by atoms with Gasteiger partial charge in [-0.2, -0.15) is 11.8 Å². The van der Waals surface area contributed by atoms with Crippen molar-refractivity contribution in [1.29, 1.82) is 0 Å². The SMILES string of the molecule is CC1CSCCN1c1ccc(C(N)=S)c(Cl)c1. The molecule has 0 radical (unpaired) electrons. The maximum atomic E-state index is 6.19. The highest BCUT2D eigenvalue weighted by Gasteiger charge is 2.19. The summed E-state index contributed by atoms with van der Waals surface area (Å²) in [5.41, 5.74) is 7.51. The van der Waals surface area contributed by atoms with E-state index in [1.54, 1.807) is 0 Å². The van der Waals surface area contributed by atoms with Crippen LogP contribution in [0.2, 0.25) is 5.02 Å². The van der Waals surface area contributed by atoms with Crippen LogP contribution in [0.25, 0.3) is 0 Å². The third-order valence-electron chi connectivity index (χ3n) is 2.92. The standard InChI is InChI=1S/C12H15ClN2S2/c1-8-7-17-5-4-15(8)9-2-3-10(12(14)16)11(13)6-9/h2-3,6,8H,4-5,7H2,1H3,(H2,14,16). The van der Waals surface area contributed by atoms with Crippen LogP contribution in [0, 0.1) is 0 Å². The Bertz CT molecular complexity index is 437. The molecule has 0 aromatic heterocycles.